The van der Waals surface area contributed by atoms with Gasteiger partial charge < -0.3 is 10.6 Å². The zero-order valence-corrected chi connectivity index (χ0v) is 9.76. The Morgan fingerprint density at radius 3 is 2.94 bits per heavy atom. The van der Waals surface area contributed by atoms with Crippen molar-refractivity contribution in [3.05, 3.63) is 42.1 Å². The summed E-state index contributed by atoms with van der Waals surface area (Å²) in [5.41, 5.74) is 6.96. The van der Waals surface area contributed by atoms with E-state index in [4.69, 9.17) is 5.73 Å². The topological polar surface area (TPSA) is 59.2 Å². The first-order chi connectivity index (χ1) is 8.24. The summed E-state index contributed by atoms with van der Waals surface area (Å²) in [6, 6.07) is 9.31. The molecule has 0 aliphatic heterocycles. The summed E-state index contributed by atoms with van der Waals surface area (Å²) in [6.45, 7) is 1.01. The minimum absolute atomic E-state index is 0.0194. The standard InChI is InChI=1S/C13H15N3O/c1-16(9-7-14)13(17)11-4-2-6-12-10(11)5-3-8-15-12/h2-6,8H,7,9,14H2,1H3. The van der Waals surface area contributed by atoms with Gasteiger partial charge in [-0.05, 0) is 18.2 Å². The maximum Gasteiger partial charge on any atom is 0.254 e. The van der Waals surface area contributed by atoms with Crippen molar-refractivity contribution in [3.63, 3.8) is 0 Å². The number of rotatable bonds is 3. The molecule has 0 radical (unpaired) electrons. The molecule has 4 heteroatoms. The van der Waals surface area contributed by atoms with Gasteiger partial charge in [-0.1, -0.05) is 12.1 Å². The molecule has 0 aliphatic carbocycles. The van der Waals surface area contributed by atoms with Crippen LogP contribution in [0.2, 0.25) is 0 Å². The molecule has 0 bridgehead atoms. The molecule has 0 saturated heterocycles. The number of carbonyl (C=O) groups excluding carboxylic acids is 1. The van der Waals surface area contributed by atoms with Crippen LogP contribution >= 0.6 is 0 Å². The molecular weight excluding hydrogens is 214 g/mol. The number of pyridine rings is 1. The van der Waals surface area contributed by atoms with Gasteiger partial charge in [0.25, 0.3) is 5.91 Å². The van der Waals surface area contributed by atoms with Crippen molar-refractivity contribution >= 4 is 16.8 Å². The van der Waals surface area contributed by atoms with E-state index in [1.54, 1.807) is 18.1 Å². The molecule has 2 N–H and O–H groups in total. The molecule has 0 unspecified atom stereocenters. The Morgan fingerprint density at radius 2 is 2.18 bits per heavy atom. The number of nitrogens with zero attached hydrogens (tertiary/aromatic N) is 2. The molecule has 2 rings (SSSR count). The third-order valence-corrected chi connectivity index (χ3v) is 2.69. The first-order valence-corrected chi connectivity index (χ1v) is 5.53. The van der Waals surface area contributed by atoms with Crippen molar-refractivity contribution in [1.29, 1.82) is 0 Å². The van der Waals surface area contributed by atoms with Gasteiger partial charge in [-0.15, -0.1) is 0 Å². The lowest BCUT2D eigenvalue weighted by molar-refractivity contribution is 0.0801. The van der Waals surface area contributed by atoms with Gasteiger partial charge >= 0.3 is 0 Å². The van der Waals surface area contributed by atoms with E-state index in [-0.39, 0.29) is 5.91 Å². The first-order valence-electron chi connectivity index (χ1n) is 5.53. The van der Waals surface area contributed by atoms with Crippen LogP contribution in [0, 0.1) is 0 Å². The van der Waals surface area contributed by atoms with Crippen LogP contribution in [0.4, 0.5) is 0 Å². The van der Waals surface area contributed by atoms with Crippen LogP contribution in [0.1, 0.15) is 10.4 Å². The molecule has 0 aliphatic rings. The summed E-state index contributed by atoms with van der Waals surface area (Å²) < 4.78 is 0. The lowest BCUT2D eigenvalue weighted by Gasteiger charge is -2.16. The number of nitrogens with two attached hydrogens (primary N) is 1. The van der Waals surface area contributed by atoms with Gasteiger partial charge in [0.05, 0.1) is 5.52 Å². The van der Waals surface area contributed by atoms with Crippen LogP contribution in [0.3, 0.4) is 0 Å². The van der Waals surface area contributed by atoms with E-state index in [1.807, 2.05) is 30.3 Å². The minimum Gasteiger partial charge on any atom is -0.340 e. The Labute approximate surface area is 100 Å². The zero-order chi connectivity index (χ0) is 12.3. The van der Waals surface area contributed by atoms with Crippen LogP contribution in [0.5, 0.6) is 0 Å². The highest BCUT2D eigenvalue weighted by atomic mass is 16.2. The van der Waals surface area contributed by atoms with Gasteiger partial charge in [-0.25, -0.2) is 0 Å². The number of hydrogen-bond acceptors (Lipinski definition) is 3. The summed E-state index contributed by atoms with van der Waals surface area (Å²) in [7, 11) is 1.75. The maximum atomic E-state index is 12.2. The smallest absolute Gasteiger partial charge is 0.254 e. The van der Waals surface area contributed by atoms with Crippen molar-refractivity contribution in [2.24, 2.45) is 5.73 Å². The molecule has 1 aromatic heterocycles. The second-order valence-electron chi connectivity index (χ2n) is 3.89. The monoisotopic (exact) mass is 229 g/mol. The number of hydrogen-bond donors (Lipinski definition) is 1. The quantitative estimate of drug-likeness (QED) is 0.862. The highest BCUT2D eigenvalue weighted by Crippen LogP contribution is 2.17. The molecule has 0 atom stereocenters. The van der Waals surface area contributed by atoms with Crippen molar-refractivity contribution in [2.75, 3.05) is 20.1 Å². The molecular formula is C13H15N3O. The number of fused-ring (bicyclic) bond motifs is 1. The van der Waals surface area contributed by atoms with E-state index >= 15 is 0 Å². The van der Waals surface area contributed by atoms with Crippen LogP contribution in [0.25, 0.3) is 10.9 Å². The summed E-state index contributed by atoms with van der Waals surface area (Å²) in [6.07, 6.45) is 1.72. The van der Waals surface area contributed by atoms with Crippen LogP contribution in [-0.4, -0.2) is 35.9 Å². The highest BCUT2D eigenvalue weighted by molar-refractivity contribution is 6.05. The van der Waals surface area contributed by atoms with Gasteiger partial charge in [0, 0.05) is 37.3 Å². The van der Waals surface area contributed by atoms with Gasteiger partial charge in [0.1, 0.15) is 0 Å². The summed E-state index contributed by atoms with van der Waals surface area (Å²) in [4.78, 5) is 18.1. The van der Waals surface area contributed by atoms with E-state index in [0.29, 0.717) is 18.7 Å². The highest BCUT2D eigenvalue weighted by Gasteiger charge is 2.13. The number of benzene rings is 1. The van der Waals surface area contributed by atoms with E-state index in [2.05, 4.69) is 4.98 Å². The number of aromatic nitrogens is 1. The molecule has 2 aromatic rings. The Kier molecular flexibility index (Phi) is 3.35. The largest absolute Gasteiger partial charge is 0.340 e. The fourth-order valence-electron chi connectivity index (χ4n) is 1.79. The number of carbonyl (C=O) groups is 1. The fraction of sp³-hybridized carbons (Fsp3) is 0.231. The van der Waals surface area contributed by atoms with Crippen molar-refractivity contribution in [2.45, 2.75) is 0 Å². The second kappa shape index (κ2) is 4.93. The van der Waals surface area contributed by atoms with Crippen molar-refractivity contribution < 1.29 is 4.79 Å². The molecule has 4 nitrogen and oxygen atoms in total. The van der Waals surface area contributed by atoms with Gasteiger partial charge in [-0.2, -0.15) is 0 Å². The van der Waals surface area contributed by atoms with Gasteiger partial charge in [0.2, 0.25) is 0 Å². The minimum atomic E-state index is -0.0194. The molecule has 1 heterocycles. The van der Waals surface area contributed by atoms with E-state index in [9.17, 15) is 4.79 Å². The Hall–Kier alpha value is -1.94. The summed E-state index contributed by atoms with van der Waals surface area (Å²) >= 11 is 0. The van der Waals surface area contributed by atoms with E-state index < -0.39 is 0 Å². The predicted octanol–water partition coefficient (Wildman–Crippen LogP) is 1.27. The van der Waals surface area contributed by atoms with Crippen LogP contribution in [0.15, 0.2) is 36.5 Å². The third-order valence-electron chi connectivity index (χ3n) is 2.69. The van der Waals surface area contributed by atoms with Crippen molar-refractivity contribution in [1.82, 2.24) is 9.88 Å². The average molecular weight is 229 g/mol. The SMILES string of the molecule is CN(CCN)C(=O)c1cccc2ncccc12. The Morgan fingerprint density at radius 1 is 1.35 bits per heavy atom. The lowest BCUT2D eigenvalue weighted by atomic mass is 10.1. The summed E-state index contributed by atoms with van der Waals surface area (Å²) in [5, 5.41) is 0.879. The Balaban J connectivity index is 2.45. The van der Waals surface area contributed by atoms with Crippen LogP contribution in [-0.2, 0) is 0 Å². The zero-order valence-electron chi connectivity index (χ0n) is 9.76. The number of amides is 1. The maximum absolute atomic E-state index is 12.2. The molecule has 17 heavy (non-hydrogen) atoms. The van der Waals surface area contributed by atoms with Crippen molar-refractivity contribution in [3.8, 4) is 0 Å². The molecule has 1 amide bonds. The predicted molar refractivity (Wildman–Crippen MR) is 67.8 cm³/mol. The van der Waals surface area contributed by atoms with E-state index in [1.165, 1.54) is 0 Å². The van der Waals surface area contributed by atoms with E-state index in [0.717, 1.165) is 10.9 Å². The van der Waals surface area contributed by atoms with Gasteiger partial charge in [-0.3, -0.25) is 9.78 Å². The molecule has 88 valence electrons. The molecule has 0 spiro atoms. The Bertz CT molecular complexity index is 534. The molecule has 0 fully saturated rings. The third kappa shape index (κ3) is 2.26. The normalized spacial score (nSPS) is 10.5. The number of likely N-dealkylation sites (N-methyl/N-ethyl adjacent to an activating group) is 1. The summed E-state index contributed by atoms with van der Waals surface area (Å²) in [5.74, 6) is -0.0194. The second-order valence-corrected chi connectivity index (χ2v) is 3.89. The van der Waals surface area contributed by atoms with Gasteiger partial charge in [0.15, 0.2) is 0 Å². The van der Waals surface area contributed by atoms with Crippen LogP contribution < -0.4 is 5.73 Å². The fourth-order valence-corrected chi connectivity index (χ4v) is 1.79. The molecule has 0 saturated carbocycles. The lowest BCUT2D eigenvalue weighted by Crippen LogP contribution is -2.31. The first kappa shape index (κ1) is 11.5. The average Bonchev–Trinajstić information content (AvgIpc) is 2.37. The molecule has 1 aromatic carbocycles.